The largest absolute Gasteiger partial charge is 0.368 e. The van der Waals surface area contributed by atoms with Gasteiger partial charge in [-0.3, -0.25) is 4.79 Å². The Morgan fingerprint density at radius 2 is 2.29 bits per heavy atom. The highest BCUT2D eigenvalue weighted by molar-refractivity contribution is 7.91. The van der Waals surface area contributed by atoms with Crippen LogP contribution in [0.3, 0.4) is 0 Å². The number of nitrogens with two attached hydrogens (primary N) is 1. The molecule has 5 nitrogen and oxygen atoms in total. The number of hydrogen-bond donors (Lipinski definition) is 2. The van der Waals surface area contributed by atoms with E-state index in [2.05, 4.69) is 5.32 Å². The third-order valence-corrected chi connectivity index (χ3v) is 4.30. The standard InChI is InChI=1S/C8H16N2O3S/c1-6(8(9)11)10-4-7-2-3-14(12,13)5-7/h6-7,10H,2-5H2,1H3,(H2,9,11). The van der Waals surface area contributed by atoms with Crippen molar-refractivity contribution in [2.45, 2.75) is 19.4 Å². The van der Waals surface area contributed by atoms with Gasteiger partial charge in [-0.2, -0.15) is 0 Å². The topological polar surface area (TPSA) is 89.3 Å². The number of carbonyl (C=O) groups excluding carboxylic acids is 1. The first-order valence-electron chi connectivity index (χ1n) is 4.64. The van der Waals surface area contributed by atoms with Gasteiger partial charge in [0.15, 0.2) is 9.84 Å². The van der Waals surface area contributed by atoms with Gasteiger partial charge in [-0.05, 0) is 25.8 Å². The molecule has 0 aromatic carbocycles. The van der Waals surface area contributed by atoms with E-state index in [1.54, 1.807) is 6.92 Å². The smallest absolute Gasteiger partial charge is 0.234 e. The third-order valence-electron chi connectivity index (χ3n) is 2.47. The maximum Gasteiger partial charge on any atom is 0.234 e. The summed E-state index contributed by atoms with van der Waals surface area (Å²) in [5.74, 6) is 0.211. The van der Waals surface area contributed by atoms with Crippen molar-refractivity contribution < 1.29 is 13.2 Å². The number of primary amides is 1. The summed E-state index contributed by atoms with van der Waals surface area (Å²) in [6.45, 7) is 2.22. The predicted molar refractivity (Wildman–Crippen MR) is 53.4 cm³/mol. The summed E-state index contributed by atoms with van der Waals surface area (Å²) in [5.41, 5.74) is 5.05. The van der Waals surface area contributed by atoms with Crippen LogP contribution in [0.1, 0.15) is 13.3 Å². The van der Waals surface area contributed by atoms with E-state index in [0.717, 1.165) is 0 Å². The number of hydrogen-bond acceptors (Lipinski definition) is 4. The van der Waals surface area contributed by atoms with Crippen molar-refractivity contribution in [3.8, 4) is 0 Å². The summed E-state index contributed by atoms with van der Waals surface area (Å²) in [6.07, 6.45) is 0.681. The van der Waals surface area contributed by atoms with E-state index in [1.165, 1.54) is 0 Å². The molecule has 0 saturated carbocycles. The van der Waals surface area contributed by atoms with Crippen LogP contribution >= 0.6 is 0 Å². The zero-order valence-electron chi connectivity index (χ0n) is 8.19. The second-order valence-electron chi connectivity index (χ2n) is 3.80. The second kappa shape index (κ2) is 4.27. The summed E-state index contributed by atoms with van der Waals surface area (Å²) in [5, 5.41) is 2.92. The number of nitrogens with one attached hydrogen (secondary N) is 1. The minimum atomic E-state index is -2.82. The Hall–Kier alpha value is -0.620. The molecular weight excluding hydrogens is 204 g/mol. The van der Waals surface area contributed by atoms with Gasteiger partial charge in [-0.25, -0.2) is 8.42 Å². The summed E-state index contributed by atoms with van der Waals surface area (Å²) in [4.78, 5) is 10.7. The monoisotopic (exact) mass is 220 g/mol. The lowest BCUT2D eigenvalue weighted by atomic mass is 10.1. The van der Waals surface area contributed by atoms with Crippen LogP contribution in [-0.2, 0) is 14.6 Å². The highest BCUT2D eigenvalue weighted by Crippen LogP contribution is 2.17. The molecule has 0 radical (unpaired) electrons. The van der Waals surface area contributed by atoms with Crippen LogP contribution in [0, 0.1) is 5.92 Å². The molecule has 1 fully saturated rings. The fourth-order valence-electron chi connectivity index (χ4n) is 1.48. The molecule has 0 aromatic heterocycles. The first-order chi connectivity index (χ1) is 6.41. The van der Waals surface area contributed by atoms with Crippen LogP contribution in [0.4, 0.5) is 0 Å². The molecule has 1 aliphatic heterocycles. The quantitative estimate of drug-likeness (QED) is 0.628. The minimum Gasteiger partial charge on any atom is -0.368 e. The van der Waals surface area contributed by atoms with Crippen molar-refractivity contribution in [3.63, 3.8) is 0 Å². The zero-order valence-corrected chi connectivity index (χ0v) is 9.01. The van der Waals surface area contributed by atoms with Gasteiger partial charge < -0.3 is 11.1 Å². The van der Waals surface area contributed by atoms with Crippen LogP contribution in [0.5, 0.6) is 0 Å². The number of amides is 1. The summed E-state index contributed by atoms with van der Waals surface area (Å²) >= 11 is 0. The van der Waals surface area contributed by atoms with Crippen molar-refractivity contribution in [3.05, 3.63) is 0 Å². The van der Waals surface area contributed by atoms with Gasteiger partial charge in [-0.15, -0.1) is 0 Å². The lowest BCUT2D eigenvalue weighted by molar-refractivity contribution is -0.119. The zero-order chi connectivity index (χ0) is 10.8. The van der Waals surface area contributed by atoms with Crippen LogP contribution in [0.25, 0.3) is 0 Å². The number of carbonyl (C=O) groups is 1. The van der Waals surface area contributed by atoms with Gasteiger partial charge in [-0.1, -0.05) is 0 Å². The average molecular weight is 220 g/mol. The Labute approximate surface area is 84.0 Å². The van der Waals surface area contributed by atoms with E-state index in [9.17, 15) is 13.2 Å². The molecule has 1 heterocycles. The van der Waals surface area contributed by atoms with Gasteiger partial charge >= 0.3 is 0 Å². The van der Waals surface area contributed by atoms with Gasteiger partial charge in [0.1, 0.15) is 0 Å². The molecule has 1 aliphatic rings. The van der Waals surface area contributed by atoms with Crippen molar-refractivity contribution >= 4 is 15.7 Å². The number of rotatable bonds is 4. The molecule has 14 heavy (non-hydrogen) atoms. The van der Waals surface area contributed by atoms with Gasteiger partial charge in [0.05, 0.1) is 17.5 Å². The molecule has 0 spiro atoms. The van der Waals surface area contributed by atoms with Crippen molar-refractivity contribution in [1.82, 2.24) is 5.32 Å². The fraction of sp³-hybridized carbons (Fsp3) is 0.875. The minimum absolute atomic E-state index is 0.127. The van der Waals surface area contributed by atoms with E-state index in [4.69, 9.17) is 5.73 Å². The Morgan fingerprint density at radius 1 is 1.64 bits per heavy atom. The molecule has 6 heteroatoms. The predicted octanol–water partition coefficient (Wildman–Crippen LogP) is -1.12. The fourth-order valence-corrected chi connectivity index (χ4v) is 3.34. The van der Waals surface area contributed by atoms with E-state index < -0.39 is 21.8 Å². The van der Waals surface area contributed by atoms with Crippen LogP contribution in [0.2, 0.25) is 0 Å². The molecular formula is C8H16N2O3S. The average Bonchev–Trinajstić information content (AvgIpc) is 2.41. The Bertz CT molecular complexity index is 313. The lowest BCUT2D eigenvalue weighted by Crippen LogP contribution is -2.41. The van der Waals surface area contributed by atoms with Gasteiger partial charge in [0, 0.05) is 0 Å². The van der Waals surface area contributed by atoms with Gasteiger partial charge in [0.25, 0.3) is 0 Å². The maximum atomic E-state index is 11.1. The molecule has 82 valence electrons. The summed E-state index contributed by atoms with van der Waals surface area (Å²) in [6, 6.07) is -0.390. The highest BCUT2D eigenvalue weighted by atomic mass is 32.2. The normalized spacial score (nSPS) is 27.4. The molecule has 3 N–H and O–H groups in total. The van der Waals surface area contributed by atoms with E-state index >= 15 is 0 Å². The molecule has 2 unspecified atom stereocenters. The molecule has 1 amide bonds. The Balaban J connectivity index is 2.31. The van der Waals surface area contributed by atoms with E-state index in [0.29, 0.717) is 13.0 Å². The third kappa shape index (κ3) is 3.26. The van der Waals surface area contributed by atoms with Crippen LogP contribution < -0.4 is 11.1 Å². The second-order valence-corrected chi connectivity index (χ2v) is 6.03. The lowest BCUT2D eigenvalue weighted by Gasteiger charge is -2.13. The molecule has 2 atom stereocenters. The first kappa shape index (κ1) is 11.5. The Morgan fingerprint density at radius 3 is 2.71 bits per heavy atom. The SMILES string of the molecule is CC(NCC1CCS(=O)(=O)C1)C(N)=O. The van der Waals surface area contributed by atoms with E-state index in [1.807, 2.05) is 0 Å². The molecule has 1 saturated heterocycles. The Kier molecular flexibility index (Phi) is 3.49. The highest BCUT2D eigenvalue weighted by Gasteiger charge is 2.27. The molecule has 0 aromatic rings. The van der Waals surface area contributed by atoms with E-state index in [-0.39, 0.29) is 17.4 Å². The molecule has 0 bridgehead atoms. The summed E-state index contributed by atoms with van der Waals surface area (Å²) < 4.78 is 22.2. The summed E-state index contributed by atoms with van der Waals surface area (Å²) in [7, 11) is -2.82. The molecule has 0 aliphatic carbocycles. The maximum absolute atomic E-state index is 11.1. The van der Waals surface area contributed by atoms with Crippen LogP contribution in [0.15, 0.2) is 0 Å². The van der Waals surface area contributed by atoms with Crippen molar-refractivity contribution in [2.24, 2.45) is 11.7 Å². The van der Waals surface area contributed by atoms with Crippen molar-refractivity contribution in [2.75, 3.05) is 18.1 Å². The van der Waals surface area contributed by atoms with Gasteiger partial charge in [0.2, 0.25) is 5.91 Å². The van der Waals surface area contributed by atoms with Crippen LogP contribution in [-0.4, -0.2) is 38.4 Å². The first-order valence-corrected chi connectivity index (χ1v) is 6.46. The molecule has 1 rings (SSSR count). The van der Waals surface area contributed by atoms with Crippen molar-refractivity contribution in [1.29, 1.82) is 0 Å². The number of sulfone groups is 1.